The first-order chi connectivity index (χ1) is 6.77. The average Bonchev–Trinajstić information content (AvgIpc) is 2.77. The molecule has 0 aromatic carbocycles. The van der Waals surface area contributed by atoms with Crippen molar-refractivity contribution in [2.75, 3.05) is 13.2 Å². The Morgan fingerprint density at radius 2 is 2.43 bits per heavy atom. The molecule has 2 heterocycles. The van der Waals surface area contributed by atoms with E-state index < -0.39 is 0 Å². The molecule has 0 amide bonds. The highest BCUT2D eigenvalue weighted by atomic mass is 35.5. The number of thiophene rings is 1. The maximum Gasteiger partial charge on any atom is 0.112 e. The van der Waals surface area contributed by atoms with Crippen molar-refractivity contribution < 1.29 is 4.74 Å². The van der Waals surface area contributed by atoms with Crippen molar-refractivity contribution in [2.45, 2.75) is 19.0 Å². The summed E-state index contributed by atoms with van der Waals surface area (Å²) in [6, 6.07) is 0.463. The second-order valence-corrected chi connectivity index (χ2v) is 5.15. The van der Waals surface area contributed by atoms with Gasteiger partial charge in [0.2, 0.25) is 0 Å². The van der Waals surface area contributed by atoms with Gasteiger partial charge in [0, 0.05) is 19.2 Å². The van der Waals surface area contributed by atoms with Gasteiger partial charge < -0.3 is 10.1 Å². The summed E-state index contributed by atoms with van der Waals surface area (Å²) < 4.78 is 5.93. The lowest BCUT2D eigenvalue weighted by Gasteiger charge is -2.09. The molecular formula is C9H11Cl2NOS. The number of halogens is 2. The third-order valence-electron chi connectivity index (χ3n) is 2.27. The summed E-state index contributed by atoms with van der Waals surface area (Å²) in [5.74, 6) is 0. The minimum absolute atomic E-state index is 0.463. The summed E-state index contributed by atoms with van der Waals surface area (Å²) >= 11 is 13.3. The van der Waals surface area contributed by atoms with Gasteiger partial charge in [-0.3, -0.25) is 0 Å². The number of nitrogens with one attached hydrogen (secondary N) is 1. The number of ether oxygens (including phenoxy) is 1. The molecule has 5 heteroatoms. The fourth-order valence-electron chi connectivity index (χ4n) is 1.42. The van der Waals surface area contributed by atoms with Gasteiger partial charge in [-0.15, -0.1) is 11.3 Å². The lowest BCUT2D eigenvalue weighted by molar-refractivity contribution is 0.190. The molecule has 14 heavy (non-hydrogen) atoms. The molecule has 1 aliphatic heterocycles. The van der Waals surface area contributed by atoms with Crippen molar-refractivity contribution in [1.29, 1.82) is 0 Å². The van der Waals surface area contributed by atoms with Gasteiger partial charge in [-0.05, 0) is 17.4 Å². The van der Waals surface area contributed by atoms with Crippen molar-refractivity contribution in [3.8, 4) is 0 Å². The molecule has 0 saturated carbocycles. The Balaban J connectivity index is 1.88. The van der Waals surface area contributed by atoms with Gasteiger partial charge in [-0.1, -0.05) is 23.2 Å². The number of rotatable bonds is 3. The van der Waals surface area contributed by atoms with Crippen LogP contribution in [0, 0.1) is 0 Å². The Bertz CT molecular complexity index is 310. The van der Waals surface area contributed by atoms with E-state index in [1.807, 2.05) is 5.38 Å². The first-order valence-electron chi connectivity index (χ1n) is 4.50. The SMILES string of the molecule is Clc1scc(CNC2CCOC2)c1Cl. The van der Waals surface area contributed by atoms with Crippen LogP contribution in [0.25, 0.3) is 0 Å². The highest BCUT2D eigenvalue weighted by molar-refractivity contribution is 7.15. The molecule has 1 aromatic heterocycles. The molecule has 1 aliphatic rings. The van der Waals surface area contributed by atoms with E-state index in [2.05, 4.69) is 5.32 Å². The fourth-order valence-corrected chi connectivity index (χ4v) is 2.68. The van der Waals surface area contributed by atoms with E-state index in [-0.39, 0.29) is 0 Å². The molecule has 1 N–H and O–H groups in total. The van der Waals surface area contributed by atoms with Crippen molar-refractivity contribution in [3.05, 3.63) is 20.3 Å². The average molecular weight is 252 g/mol. The van der Waals surface area contributed by atoms with Crippen LogP contribution >= 0.6 is 34.5 Å². The Kier molecular flexibility index (Phi) is 3.68. The predicted octanol–water partition coefficient (Wildman–Crippen LogP) is 2.93. The summed E-state index contributed by atoms with van der Waals surface area (Å²) in [7, 11) is 0. The van der Waals surface area contributed by atoms with Gasteiger partial charge in [-0.25, -0.2) is 0 Å². The van der Waals surface area contributed by atoms with Crippen molar-refractivity contribution in [3.63, 3.8) is 0 Å². The number of hydrogen-bond acceptors (Lipinski definition) is 3. The maximum atomic E-state index is 6.00. The molecule has 1 fully saturated rings. The van der Waals surface area contributed by atoms with Crippen LogP contribution in [-0.4, -0.2) is 19.3 Å². The third-order valence-corrected chi connectivity index (χ3v) is 4.18. The van der Waals surface area contributed by atoms with Gasteiger partial charge in [-0.2, -0.15) is 0 Å². The standard InChI is InChI=1S/C9H11Cl2NOS/c10-8-6(5-14-9(8)11)3-12-7-1-2-13-4-7/h5,7,12H,1-4H2. The van der Waals surface area contributed by atoms with Crippen LogP contribution in [0.2, 0.25) is 9.36 Å². The summed E-state index contributed by atoms with van der Waals surface area (Å²) in [6.07, 6.45) is 1.08. The van der Waals surface area contributed by atoms with Crippen molar-refractivity contribution >= 4 is 34.5 Å². The molecule has 2 rings (SSSR count). The van der Waals surface area contributed by atoms with Gasteiger partial charge in [0.05, 0.1) is 11.6 Å². The van der Waals surface area contributed by atoms with Crippen LogP contribution in [0.3, 0.4) is 0 Å². The Hall–Kier alpha value is 0.200. The summed E-state index contributed by atoms with van der Waals surface area (Å²) in [5, 5.41) is 6.07. The molecule has 1 aromatic rings. The van der Waals surface area contributed by atoms with Crippen molar-refractivity contribution in [2.24, 2.45) is 0 Å². The van der Waals surface area contributed by atoms with Crippen LogP contribution in [-0.2, 0) is 11.3 Å². The maximum absolute atomic E-state index is 6.00. The zero-order chi connectivity index (χ0) is 9.97. The van der Waals surface area contributed by atoms with E-state index in [1.165, 1.54) is 11.3 Å². The topological polar surface area (TPSA) is 21.3 Å². The molecule has 0 aliphatic carbocycles. The van der Waals surface area contributed by atoms with E-state index in [0.717, 1.165) is 31.7 Å². The van der Waals surface area contributed by atoms with E-state index >= 15 is 0 Å². The molecule has 0 radical (unpaired) electrons. The zero-order valence-corrected chi connectivity index (χ0v) is 9.88. The summed E-state index contributed by atoms with van der Waals surface area (Å²) in [4.78, 5) is 0. The molecule has 0 bridgehead atoms. The fraction of sp³-hybridized carbons (Fsp3) is 0.556. The van der Waals surface area contributed by atoms with Crippen molar-refractivity contribution in [1.82, 2.24) is 5.32 Å². The van der Waals surface area contributed by atoms with Gasteiger partial charge in [0.15, 0.2) is 0 Å². The minimum Gasteiger partial charge on any atom is -0.380 e. The molecule has 1 unspecified atom stereocenters. The van der Waals surface area contributed by atoms with Crippen LogP contribution < -0.4 is 5.32 Å². The molecular weight excluding hydrogens is 241 g/mol. The summed E-state index contributed by atoms with van der Waals surface area (Å²) in [5.41, 5.74) is 1.08. The smallest absolute Gasteiger partial charge is 0.112 e. The third kappa shape index (κ3) is 2.41. The Morgan fingerprint density at radius 3 is 3.00 bits per heavy atom. The lowest BCUT2D eigenvalue weighted by atomic mass is 10.2. The predicted molar refractivity (Wildman–Crippen MR) is 60.4 cm³/mol. The highest BCUT2D eigenvalue weighted by Gasteiger charge is 2.15. The Morgan fingerprint density at radius 1 is 1.57 bits per heavy atom. The van der Waals surface area contributed by atoms with Crippen LogP contribution in [0.5, 0.6) is 0 Å². The second-order valence-electron chi connectivity index (χ2n) is 3.29. The largest absolute Gasteiger partial charge is 0.380 e. The zero-order valence-electron chi connectivity index (χ0n) is 7.56. The monoisotopic (exact) mass is 251 g/mol. The first-order valence-corrected chi connectivity index (χ1v) is 6.13. The van der Waals surface area contributed by atoms with Crippen LogP contribution in [0.1, 0.15) is 12.0 Å². The summed E-state index contributed by atoms with van der Waals surface area (Å²) in [6.45, 7) is 2.43. The molecule has 1 atom stereocenters. The van der Waals surface area contributed by atoms with E-state index in [9.17, 15) is 0 Å². The molecule has 1 saturated heterocycles. The van der Waals surface area contributed by atoms with Crippen LogP contribution in [0.4, 0.5) is 0 Å². The molecule has 2 nitrogen and oxygen atoms in total. The van der Waals surface area contributed by atoms with Gasteiger partial charge in [0.1, 0.15) is 4.34 Å². The van der Waals surface area contributed by atoms with Gasteiger partial charge >= 0.3 is 0 Å². The Labute approximate surface area is 97.2 Å². The van der Waals surface area contributed by atoms with Gasteiger partial charge in [0.25, 0.3) is 0 Å². The first kappa shape index (κ1) is 10.7. The second kappa shape index (κ2) is 4.81. The van der Waals surface area contributed by atoms with Crippen LogP contribution in [0.15, 0.2) is 5.38 Å². The van der Waals surface area contributed by atoms with E-state index in [1.54, 1.807) is 0 Å². The lowest BCUT2D eigenvalue weighted by Crippen LogP contribution is -2.28. The van der Waals surface area contributed by atoms with E-state index in [0.29, 0.717) is 15.4 Å². The minimum atomic E-state index is 0.463. The van der Waals surface area contributed by atoms with E-state index in [4.69, 9.17) is 27.9 Å². The quantitative estimate of drug-likeness (QED) is 0.893. The highest BCUT2D eigenvalue weighted by Crippen LogP contribution is 2.32. The molecule has 0 spiro atoms. The molecule has 78 valence electrons. The normalized spacial score (nSPS) is 21.7. The number of hydrogen-bond donors (Lipinski definition) is 1.